The van der Waals surface area contributed by atoms with Crippen molar-refractivity contribution in [2.45, 2.75) is 13.5 Å². The molecule has 0 fully saturated rings. The highest BCUT2D eigenvalue weighted by atomic mass is 32.1. The van der Waals surface area contributed by atoms with E-state index in [1.54, 1.807) is 18.4 Å². The van der Waals surface area contributed by atoms with Crippen LogP contribution >= 0.6 is 11.3 Å². The molecule has 0 spiro atoms. The first kappa shape index (κ1) is 11.6. The minimum atomic E-state index is -0.853. The number of hydrogen-bond acceptors (Lipinski definition) is 6. The van der Waals surface area contributed by atoms with Crippen molar-refractivity contribution in [3.05, 3.63) is 32.4 Å². The first-order valence-electron chi connectivity index (χ1n) is 4.90. The quantitative estimate of drug-likeness (QED) is 0.749. The van der Waals surface area contributed by atoms with Crippen LogP contribution in [0.2, 0.25) is 0 Å². The van der Waals surface area contributed by atoms with Gasteiger partial charge in [0, 0.05) is 0 Å². The molecule has 0 N–H and O–H groups in total. The molecule has 0 aliphatic rings. The maximum absolute atomic E-state index is 11.5. The van der Waals surface area contributed by atoms with Crippen molar-refractivity contribution in [1.29, 1.82) is 0 Å². The number of hydrogen-bond donors (Lipinski definition) is 0. The van der Waals surface area contributed by atoms with E-state index in [0.29, 0.717) is 10.2 Å². The number of aromatic nitrogens is 1. The molecule has 0 saturated heterocycles. The molecule has 0 aliphatic heterocycles. The van der Waals surface area contributed by atoms with Crippen LogP contribution in [-0.4, -0.2) is 17.1 Å². The minimum absolute atomic E-state index is 0.233. The van der Waals surface area contributed by atoms with Crippen molar-refractivity contribution in [3.63, 3.8) is 0 Å². The maximum Gasteiger partial charge on any atom is 0.422 e. The zero-order valence-corrected chi connectivity index (χ0v) is 9.78. The second-order valence-corrected chi connectivity index (χ2v) is 4.10. The van der Waals surface area contributed by atoms with Crippen molar-refractivity contribution in [1.82, 2.24) is 4.57 Å². The zero-order chi connectivity index (χ0) is 12.4. The number of fused-ring (bicyclic) bond motifs is 1. The summed E-state index contributed by atoms with van der Waals surface area (Å²) in [6.07, 6.45) is 0. The van der Waals surface area contributed by atoms with Crippen LogP contribution in [0.4, 0.5) is 0 Å². The summed E-state index contributed by atoms with van der Waals surface area (Å²) < 4.78 is 10.7. The lowest BCUT2D eigenvalue weighted by atomic mass is 10.4. The van der Waals surface area contributed by atoms with Crippen molar-refractivity contribution in [2.75, 3.05) is 6.61 Å². The van der Waals surface area contributed by atoms with Crippen molar-refractivity contribution >= 4 is 27.5 Å². The fraction of sp³-hybridized carbons (Fsp3) is 0.300. The van der Waals surface area contributed by atoms with Gasteiger partial charge in [-0.3, -0.25) is 9.36 Å². The molecule has 0 aromatic carbocycles. The maximum atomic E-state index is 11.5. The topological polar surface area (TPSA) is 78.5 Å². The Kier molecular flexibility index (Phi) is 3.10. The van der Waals surface area contributed by atoms with Gasteiger partial charge in [0.05, 0.1) is 12.1 Å². The molecule has 0 amide bonds. The summed E-state index contributed by atoms with van der Waals surface area (Å²) >= 11 is 1.16. The largest absolute Gasteiger partial charge is 0.465 e. The molecule has 6 nitrogen and oxygen atoms in total. The number of esters is 1. The Morgan fingerprint density at radius 2 is 2.29 bits per heavy atom. The zero-order valence-electron chi connectivity index (χ0n) is 8.97. The Hall–Kier alpha value is -1.89. The first-order chi connectivity index (χ1) is 8.13. The van der Waals surface area contributed by atoms with Gasteiger partial charge >= 0.3 is 17.4 Å². The minimum Gasteiger partial charge on any atom is -0.465 e. The van der Waals surface area contributed by atoms with E-state index >= 15 is 0 Å². The molecule has 2 aromatic rings. The lowest BCUT2D eigenvalue weighted by Crippen LogP contribution is -2.28. The van der Waals surface area contributed by atoms with Gasteiger partial charge in [0.25, 0.3) is 0 Å². The Bertz CT molecular complexity index is 665. The number of carbonyl (C=O) groups excluding carboxylic acids is 1. The van der Waals surface area contributed by atoms with Gasteiger partial charge < -0.3 is 9.15 Å². The number of nitrogens with zero attached hydrogens (tertiary/aromatic N) is 1. The van der Waals surface area contributed by atoms with Gasteiger partial charge in [-0.15, -0.1) is 11.3 Å². The van der Waals surface area contributed by atoms with Gasteiger partial charge in [-0.2, -0.15) is 0 Å². The molecule has 2 heterocycles. The van der Waals surface area contributed by atoms with E-state index in [1.165, 1.54) is 0 Å². The highest BCUT2D eigenvalue weighted by molar-refractivity contribution is 7.17. The van der Waals surface area contributed by atoms with Gasteiger partial charge in [-0.05, 0) is 18.4 Å². The fourth-order valence-electron chi connectivity index (χ4n) is 1.43. The van der Waals surface area contributed by atoms with E-state index < -0.39 is 17.4 Å². The van der Waals surface area contributed by atoms with Crippen LogP contribution in [0.15, 0.2) is 25.5 Å². The molecule has 0 radical (unpaired) electrons. The number of rotatable bonds is 3. The van der Waals surface area contributed by atoms with Crippen molar-refractivity contribution in [3.8, 4) is 0 Å². The van der Waals surface area contributed by atoms with Crippen LogP contribution in [0, 0.1) is 0 Å². The summed E-state index contributed by atoms with van der Waals surface area (Å²) in [4.78, 5) is 34.1. The van der Waals surface area contributed by atoms with Crippen LogP contribution in [0.5, 0.6) is 0 Å². The van der Waals surface area contributed by atoms with Gasteiger partial charge in [-0.1, -0.05) is 0 Å². The van der Waals surface area contributed by atoms with Gasteiger partial charge in [0.15, 0.2) is 0 Å². The predicted octanol–water partition coefficient (Wildman–Crippen LogP) is 0.579. The molecule has 0 bridgehead atoms. The SMILES string of the molecule is CCOC(=O)Cn1c(=O)oc(=O)c2sccc21. The highest BCUT2D eigenvalue weighted by Crippen LogP contribution is 2.14. The van der Waals surface area contributed by atoms with Crippen LogP contribution in [0.25, 0.3) is 10.2 Å². The lowest BCUT2D eigenvalue weighted by molar-refractivity contribution is -0.143. The van der Waals surface area contributed by atoms with Gasteiger partial charge in [0.2, 0.25) is 0 Å². The molecule has 2 aromatic heterocycles. The standard InChI is InChI=1S/C10H9NO5S/c1-2-15-7(12)5-11-6-3-4-17-8(6)9(13)16-10(11)14/h3-4H,2,5H2,1H3. The second-order valence-electron chi connectivity index (χ2n) is 3.18. The third-order valence-electron chi connectivity index (χ3n) is 2.11. The van der Waals surface area contributed by atoms with Crippen LogP contribution in [0.1, 0.15) is 6.92 Å². The molecule has 90 valence electrons. The molecule has 0 unspecified atom stereocenters. The highest BCUT2D eigenvalue weighted by Gasteiger charge is 2.13. The molecule has 7 heteroatoms. The average molecular weight is 255 g/mol. The Balaban J connectivity index is 2.53. The predicted molar refractivity (Wildman–Crippen MR) is 61.3 cm³/mol. The summed E-state index contributed by atoms with van der Waals surface area (Å²) in [6, 6.07) is 1.59. The molecule has 0 aliphatic carbocycles. The number of ether oxygens (including phenoxy) is 1. The first-order valence-corrected chi connectivity index (χ1v) is 5.78. The fourth-order valence-corrected chi connectivity index (χ4v) is 2.20. The molecule has 2 rings (SSSR count). The summed E-state index contributed by atoms with van der Waals surface area (Å²) in [5.74, 6) is -1.40. The van der Waals surface area contributed by atoms with E-state index in [0.717, 1.165) is 15.9 Å². The monoisotopic (exact) mass is 255 g/mol. The molecule has 17 heavy (non-hydrogen) atoms. The van der Waals surface area contributed by atoms with Crippen molar-refractivity contribution in [2.24, 2.45) is 0 Å². The molecule has 0 atom stereocenters. The van der Waals surface area contributed by atoms with Crippen LogP contribution in [-0.2, 0) is 16.1 Å². The molecular formula is C10H9NO5S. The Morgan fingerprint density at radius 1 is 1.53 bits per heavy atom. The van der Waals surface area contributed by atoms with Crippen LogP contribution in [0.3, 0.4) is 0 Å². The third kappa shape index (κ3) is 2.14. The van der Waals surface area contributed by atoms with E-state index in [-0.39, 0.29) is 13.2 Å². The molecule has 0 saturated carbocycles. The average Bonchev–Trinajstić information content (AvgIpc) is 2.73. The van der Waals surface area contributed by atoms with E-state index in [9.17, 15) is 14.4 Å². The lowest BCUT2D eigenvalue weighted by Gasteiger charge is -2.04. The summed E-state index contributed by atoms with van der Waals surface area (Å²) in [5, 5.41) is 1.66. The van der Waals surface area contributed by atoms with E-state index in [1.807, 2.05) is 0 Å². The van der Waals surface area contributed by atoms with Crippen LogP contribution < -0.4 is 11.4 Å². The number of carbonyl (C=O) groups is 1. The molecular weight excluding hydrogens is 246 g/mol. The Labute approximate surface area is 99.0 Å². The summed E-state index contributed by atoms with van der Waals surface area (Å²) in [5.41, 5.74) is -0.288. The normalized spacial score (nSPS) is 10.6. The third-order valence-corrected chi connectivity index (χ3v) is 3.00. The van der Waals surface area contributed by atoms with Gasteiger partial charge in [-0.25, -0.2) is 9.59 Å². The second kappa shape index (κ2) is 4.54. The van der Waals surface area contributed by atoms with E-state index in [2.05, 4.69) is 4.42 Å². The van der Waals surface area contributed by atoms with Crippen molar-refractivity contribution < 1.29 is 13.9 Å². The smallest absolute Gasteiger partial charge is 0.422 e. The Morgan fingerprint density at radius 3 is 3.00 bits per heavy atom. The number of thiophene rings is 1. The van der Waals surface area contributed by atoms with E-state index in [4.69, 9.17) is 4.74 Å². The summed E-state index contributed by atoms with van der Waals surface area (Å²) in [6.45, 7) is 1.65. The van der Waals surface area contributed by atoms with Gasteiger partial charge in [0.1, 0.15) is 11.2 Å². The summed E-state index contributed by atoms with van der Waals surface area (Å²) in [7, 11) is 0.